The first-order chi connectivity index (χ1) is 12.4. The number of hydrogen-bond donors (Lipinski definition) is 0. The summed E-state index contributed by atoms with van der Waals surface area (Å²) in [6.45, 7) is 3.37. The van der Waals surface area contributed by atoms with Crippen LogP contribution in [0.3, 0.4) is 0 Å². The monoisotopic (exact) mass is 382 g/mol. The summed E-state index contributed by atoms with van der Waals surface area (Å²) in [5.41, 5.74) is 1.01. The molecule has 5 nitrogen and oxygen atoms in total. The number of alkyl halides is 3. The van der Waals surface area contributed by atoms with Gasteiger partial charge in [0, 0.05) is 17.7 Å². The van der Waals surface area contributed by atoms with Crippen molar-refractivity contribution < 1.29 is 17.7 Å². The normalized spacial score (nSPS) is 25.3. The van der Waals surface area contributed by atoms with Gasteiger partial charge in [-0.3, -0.25) is 14.9 Å². The third-order valence-corrected chi connectivity index (χ3v) is 6.19. The van der Waals surface area contributed by atoms with Crippen molar-refractivity contribution in [2.24, 2.45) is 10.1 Å². The minimum Gasteiger partial charge on any atom is -0.614 e. The van der Waals surface area contributed by atoms with Crippen LogP contribution in [-0.4, -0.2) is 56.9 Å². The maximum absolute atomic E-state index is 13.1. The van der Waals surface area contributed by atoms with Crippen LogP contribution < -0.4 is 0 Å². The van der Waals surface area contributed by atoms with Crippen molar-refractivity contribution in [2.75, 3.05) is 25.5 Å². The Morgan fingerprint density at radius 1 is 1.35 bits per heavy atom. The second-order valence-corrected chi connectivity index (χ2v) is 7.82. The molecule has 26 heavy (non-hydrogen) atoms. The van der Waals surface area contributed by atoms with Crippen molar-refractivity contribution in [1.29, 1.82) is 0 Å². The molecule has 1 aromatic carbocycles. The fraction of sp³-hybridized carbons (Fsp3) is 0.412. The summed E-state index contributed by atoms with van der Waals surface area (Å²) in [6.07, 6.45) is -2.50. The molecule has 3 aliphatic heterocycles. The second kappa shape index (κ2) is 6.31. The molecule has 0 bridgehead atoms. The predicted molar refractivity (Wildman–Crippen MR) is 94.2 cm³/mol. The Labute approximate surface area is 152 Å². The number of nitrogens with zero attached hydrogens (tertiary/aromatic N) is 4. The van der Waals surface area contributed by atoms with Gasteiger partial charge in [-0.05, 0) is 36.3 Å². The lowest BCUT2D eigenvalue weighted by Gasteiger charge is -2.28. The van der Waals surface area contributed by atoms with Gasteiger partial charge >= 0.3 is 6.18 Å². The van der Waals surface area contributed by atoms with Gasteiger partial charge in [0.1, 0.15) is 18.1 Å². The van der Waals surface area contributed by atoms with E-state index in [-0.39, 0.29) is 5.37 Å². The molecule has 2 unspecified atom stereocenters. The van der Waals surface area contributed by atoms with Gasteiger partial charge in [-0.25, -0.2) is 0 Å². The van der Waals surface area contributed by atoms with E-state index in [9.17, 15) is 17.7 Å². The lowest BCUT2D eigenvalue weighted by molar-refractivity contribution is -0.137. The van der Waals surface area contributed by atoms with E-state index in [4.69, 9.17) is 0 Å². The summed E-state index contributed by atoms with van der Waals surface area (Å²) in [6, 6.07) is 5.12. The van der Waals surface area contributed by atoms with E-state index < -0.39 is 22.9 Å². The highest BCUT2D eigenvalue weighted by Crippen LogP contribution is 2.33. The summed E-state index contributed by atoms with van der Waals surface area (Å²) in [5.74, 6) is 0.972. The van der Waals surface area contributed by atoms with E-state index in [1.54, 1.807) is 11.1 Å². The Balaban J connectivity index is 1.79. The van der Waals surface area contributed by atoms with E-state index in [2.05, 4.69) is 10.1 Å². The molecule has 138 valence electrons. The average molecular weight is 382 g/mol. The molecule has 0 amide bonds. The van der Waals surface area contributed by atoms with Gasteiger partial charge in [0.15, 0.2) is 5.84 Å². The van der Waals surface area contributed by atoms with E-state index >= 15 is 0 Å². The molecule has 0 N–H and O–H groups in total. The minimum absolute atomic E-state index is 0.308. The third-order valence-electron chi connectivity index (χ3n) is 4.64. The second-order valence-electron chi connectivity index (χ2n) is 6.28. The summed E-state index contributed by atoms with van der Waals surface area (Å²) in [4.78, 5) is 6.46. The molecule has 0 fully saturated rings. The van der Waals surface area contributed by atoms with Gasteiger partial charge in [-0.2, -0.15) is 18.3 Å². The molecule has 0 saturated carbocycles. The van der Waals surface area contributed by atoms with Crippen LogP contribution in [0.5, 0.6) is 0 Å². The van der Waals surface area contributed by atoms with Crippen molar-refractivity contribution >= 4 is 22.7 Å². The molecule has 4 rings (SSSR count). The maximum Gasteiger partial charge on any atom is 0.416 e. The number of amidine groups is 1. The molecule has 3 aliphatic rings. The SMILES string of the molecule is CCN1CN2C(=N1)C(c1cccc(C(F)(F)F)c1)=NCC1=CC[S+]([O-])C12. The van der Waals surface area contributed by atoms with E-state index in [1.165, 1.54) is 6.07 Å². The molecule has 0 radical (unpaired) electrons. The molecule has 9 heteroatoms. The standard InChI is InChI=1S/C17H17F3N4OS/c1-2-23-10-24-15(22-23)14(21-9-12-6-7-26(25)16(12)24)11-4-3-5-13(8-11)17(18,19)20/h3-6,8,16H,2,7,9-10H2,1H3. The van der Waals surface area contributed by atoms with E-state index in [0.29, 0.717) is 42.6 Å². The highest BCUT2D eigenvalue weighted by molar-refractivity contribution is 7.92. The average Bonchev–Trinajstić information content (AvgIpc) is 3.14. The molecular weight excluding hydrogens is 365 g/mol. The van der Waals surface area contributed by atoms with Crippen molar-refractivity contribution in [1.82, 2.24) is 9.91 Å². The highest BCUT2D eigenvalue weighted by Gasteiger charge is 2.45. The fourth-order valence-corrected chi connectivity index (χ4v) is 4.86. The topological polar surface area (TPSA) is 54.3 Å². The van der Waals surface area contributed by atoms with Crippen molar-refractivity contribution in [2.45, 2.75) is 18.5 Å². The molecule has 1 aromatic rings. The molecule has 0 aromatic heterocycles. The number of aliphatic imine (C=N–C) groups is 1. The number of fused-ring (bicyclic) bond motifs is 3. The van der Waals surface area contributed by atoms with Crippen LogP contribution >= 0.6 is 0 Å². The number of rotatable bonds is 2. The molecule has 0 aliphatic carbocycles. The van der Waals surface area contributed by atoms with E-state index in [0.717, 1.165) is 17.7 Å². The highest BCUT2D eigenvalue weighted by atomic mass is 32.2. The Bertz CT molecular complexity index is 820. The van der Waals surface area contributed by atoms with Gasteiger partial charge in [0.2, 0.25) is 5.37 Å². The van der Waals surface area contributed by atoms with Crippen LogP contribution in [0, 0.1) is 0 Å². The summed E-state index contributed by atoms with van der Waals surface area (Å²) in [5, 5.41) is 6.03. The first-order valence-electron chi connectivity index (χ1n) is 8.27. The quantitative estimate of drug-likeness (QED) is 0.583. The number of benzene rings is 1. The fourth-order valence-electron chi connectivity index (χ4n) is 3.34. The molecule has 0 saturated heterocycles. The van der Waals surface area contributed by atoms with Crippen LogP contribution in [0.4, 0.5) is 13.2 Å². The first-order valence-corrected chi connectivity index (χ1v) is 9.65. The largest absolute Gasteiger partial charge is 0.614 e. The van der Waals surface area contributed by atoms with Gasteiger partial charge < -0.3 is 4.55 Å². The lowest BCUT2D eigenvalue weighted by atomic mass is 10.1. The maximum atomic E-state index is 13.1. The van der Waals surface area contributed by atoms with Crippen molar-refractivity contribution in [3.05, 3.63) is 47.0 Å². The Kier molecular flexibility index (Phi) is 4.23. The van der Waals surface area contributed by atoms with Crippen LogP contribution in [-0.2, 0) is 17.4 Å². The van der Waals surface area contributed by atoms with E-state index in [1.807, 2.05) is 17.9 Å². The summed E-state index contributed by atoms with van der Waals surface area (Å²) >= 11 is -1.10. The number of hydrogen-bond acceptors (Lipinski definition) is 5. The number of halogens is 3. The Hall–Kier alpha value is -2.00. The predicted octanol–water partition coefficient (Wildman–Crippen LogP) is 2.43. The molecule has 2 atom stereocenters. The lowest BCUT2D eigenvalue weighted by Crippen LogP contribution is -2.45. The Morgan fingerprint density at radius 3 is 2.88 bits per heavy atom. The van der Waals surface area contributed by atoms with Gasteiger partial charge in [-0.1, -0.05) is 12.1 Å². The summed E-state index contributed by atoms with van der Waals surface area (Å²) in [7, 11) is 0. The van der Waals surface area contributed by atoms with Crippen molar-refractivity contribution in [3.8, 4) is 0 Å². The molecular formula is C17H17F3N4OS. The van der Waals surface area contributed by atoms with Gasteiger partial charge in [-0.15, -0.1) is 0 Å². The Morgan fingerprint density at radius 2 is 2.15 bits per heavy atom. The summed E-state index contributed by atoms with van der Waals surface area (Å²) < 4.78 is 51.8. The zero-order valence-electron chi connectivity index (χ0n) is 14.0. The zero-order valence-corrected chi connectivity index (χ0v) is 14.8. The molecule has 3 heterocycles. The van der Waals surface area contributed by atoms with Crippen LogP contribution in [0.15, 0.2) is 46.0 Å². The van der Waals surface area contributed by atoms with Gasteiger partial charge in [0.25, 0.3) is 0 Å². The third kappa shape index (κ3) is 2.88. The smallest absolute Gasteiger partial charge is 0.416 e. The van der Waals surface area contributed by atoms with Gasteiger partial charge in [0.05, 0.1) is 12.1 Å². The molecule has 0 spiro atoms. The van der Waals surface area contributed by atoms with Crippen LogP contribution in [0.25, 0.3) is 0 Å². The van der Waals surface area contributed by atoms with Crippen LogP contribution in [0.2, 0.25) is 0 Å². The zero-order chi connectivity index (χ0) is 18.5. The number of hydrazone groups is 1. The first kappa shape index (κ1) is 17.4. The van der Waals surface area contributed by atoms with Crippen molar-refractivity contribution in [3.63, 3.8) is 0 Å². The minimum atomic E-state index is -4.42. The van der Waals surface area contributed by atoms with Crippen LogP contribution in [0.1, 0.15) is 18.1 Å².